The van der Waals surface area contributed by atoms with E-state index in [1.54, 1.807) is 35.1 Å². The van der Waals surface area contributed by atoms with E-state index in [9.17, 15) is 15.3 Å². The lowest BCUT2D eigenvalue weighted by molar-refractivity contribution is 0.404. The van der Waals surface area contributed by atoms with Gasteiger partial charge in [-0.15, -0.1) is 0 Å². The predicted molar refractivity (Wildman–Crippen MR) is 97.2 cm³/mol. The number of rotatable bonds is 3. The molecule has 2 heterocycles. The maximum atomic E-state index is 9.85. The number of pyridine rings is 1. The molecule has 6 nitrogen and oxygen atoms in total. The van der Waals surface area contributed by atoms with Gasteiger partial charge in [-0.25, -0.2) is 9.67 Å². The summed E-state index contributed by atoms with van der Waals surface area (Å²) in [6, 6.07) is 18.7. The Bertz CT molecular complexity index is 1070. The van der Waals surface area contributed by atoms with Crippen LogP contribution in [0.4, 0.5) is 0 Å². The maximum absolute atomic E-state index is 9.85. The van der Waals surface area contributed by atoms with Crippen LogP contribution in [0, 0.1) is 0 Å². The molecule has 0 fully saturated rings. The standard InChI is InChI=1S/C20H15N3O3/c24-15-5-3-4-13(10-15)16-12-17(14-7-8-18(25)19(26)11-14)23(22-16)20-6-1-2-9-21-20/h1-12,24-26H. The van der Waals surface area contributed by atoms with Gasteiger partial charge in [0.15, 0.2) is 17.3 Å². The van der Waals surface area contributed by atoms with E-state index in [1.165, 1.54) is 12.1 Å². The minimum atomic E-state index is -0.213. The highest BCUT2D eigenvalue weighted by molar-refractivity contribution is 5.72. The molecule has 128 valence electrons. The van der Waals surface area contributed by atoms with Crippen LogP contribution in [-0.4, -0.2) is 30.1 Å². The van der Waals surface area contributed by atoms with E-state index in [-0.39, 0.29) is 17.2 Å². The molecule has 2 aromatic carbocycles. The minimum Gasteiger partial charge on any atom is -0.508 e. The number of aromatic nitrogens is 3. The second-order valence-electron chi connectivity index (χ2n) is 5.77. The van der Waals surface area contributed by atoms with E-state index < -0.39 is 0 Å². The van der Waals surface area contributed by atoms with Gasteiger partial charge in [-0.05, 0) is 48.5 Å². The summed E-state index contributed by atoms with van der Waals surface area (Å²) < 4.78 is 1.66. The Morgan fingerprint density at radius 3 is 2.35 bits per heavy atom. The molecule has 0 spiro atoms. The Hall–Kier alpha value is -3.80. The number of benzene rings is 2. The van der Waals surface area contributed by atoms with Crippen LogP contribution >= 0.6 is 0 Å². The highest BCUT2D eigenvalue weighted by Crippen LogP contribution is 2.34. The molecule has 2 aromatic heterocycles. The number of nitrogens with zero attached hydrogens (tertiary/aromatic N) is 3. The fourth-order valence-corrected chi connectivity index (χ4v) is 2.73. The molecule has 6 heteroatoms. The third-order valence-electron chi connectivity index (χ3n) is 3.99. The normalized spacial score (nSPS) is 10.8. The van der Waals surface area contributed by atoms with Crippen molar-refractivity contribution in [3.63, 3.8) is 0 Å². The van der Waals surface area contributed by atoms with E-state index in [0.29, 0.717) is 22.8 Å². The summed E-state index contributed by atoms with van der Waals surface area (Å²) in [7, 11) is 0. The molecule has 0 bridgehead atoms. The summed E-state index contributed by atoms with van der Waals surface area (Å²) in [6.45, 7) is 0. The fourth-order valence-electron chi connectivity index (χ4n) is 2.73. The molecular formula is C20H15N3O3. The average molecular weight is 345 g/mol. The van der Waals surface area contributed by atoms with Crippen LogP contribution in [0.15, 0.2) is 72.9 Å². The van der Waals surface area contributed by atoms with Crippen molar-refractivity contribution in [1.29, 1.82) is 0 Å². The quantitative estimate of drug-likeness (QED) is 0.492. The monoisotopic (exact) mass is 345 g/mol. The smallest absolute Gasteiger partial charge is 0.158 e. The molecular weight excluding hydrogens is 330 g/mol. The van der Waals surface area contributed by atoms with E-state index in [4.69, 9.17) is 0 Å². The molecule has 0 saturated carbocycles. The zero-order valence-electron chi connectivity index (χ0n) is 13.6. The lowest BCUT2D eigenvalue weighted by Crippen LogP contribution is -2.01. The Morgan fingerprint density at radius 1 is 0.731 bits per heavy atom. The summed E-state index contributed by atoms with van der Waals surface area (Å²) in [5, 5.41) is 33.8. The molecule has 4 aromatic rings. The summed E-state index contributed by atoms with van der Waals surface area (Å²) in [6.07, 6.45) is 1.67. The summed E-state index contributed by atoms with van der Waals surface area (Å²) in [5.41, 5.74) is 2.76. The molecule has 0 radical (unpaired) electrons. The van der Waals surface area contributed by atoms with Crippen LogP contribution in [0.25, 0.3) is 28.3 Å². The van der Waals surface area contributed by atoms with Crippen molar-refractivity contribution in [3.8, 4) is 45.6 Å². The maximum Gasteiger partial charge on any atom is 0.158 e. The molecule has 3 N–H and O–H groups in total. The minimum absolute atomic E-state index is 0.152. The zero-order valence-corrected chi connectivity index (χ0v) is 13.6. The summed E-state index contributed by atoms with van der Waals surface area (Å²) >= 11 is 0. The SMILES string of the molecule is Oc1cccc(-c2cc(-c3ccc(O)c(O)c3)n(-c3ccccn3)n2)c1. The van der Waals surface area contributed by atoms with Crippen LogP contribution in [0.1, 0.15) is 0 Å². The first-order chi connectivity index (χ1) is 12.6. The predicted octanol–water partition coefficient (Wildman–Crippen LogP) is 3.72. The lowest BCUT2D eigenvalue weighted by Gasteiger charge is -2.07. The lowest BCUT2D eigenvalue weighted by atomic mass is 10.1. The molecule has 0 aliphatic heterocycles. The molecule has 0 aliphatic carbocycles. The van der Waals surface area contributed by atoms with Crippen molar-refractivity contribution in [3.05, 3.63) is 72.9 Å². The Kier molecular flexibility index (Phi) is 3.78. The first-order valence-corrected chi connectivity index (χ1v) is 7.95. The van der Waals surface area contributed by atoms with Crippen molar-refractivity contribution >= 4 is 0 Å². The van der Waals surface area contributed by atoms with Crippen LogP contribution in [0.3, 0.4) is 0 Å². The average Bonchev–Trinajstić information content (AvgIpc) is 3.10. The molecule has 4 rings (SSSR count). The van der Waals surface area contributed by atoms with Gasteiger partial charge in [-0.1, -0.05) is 18.2 Å². The van der Waals surface area contributed by atoms with E-state index in [2.05, 4.69) is 10.1 Å². The van der Waals surface area contributed by atoms with Crippen molar-refractivity contribution in [1.82, 2.24) is 14.8 Å². The van der Waals surface area contributed by atoms with Gasteiger partial charge in [0.2, 0.25) is 0 Å². The zero-order chi connectivity index (χ0) is 18.1. The fraction of sp³-hybridized carbons (Fsp3) is 0. The molecule has 0 saturated heterocycles. The third kappa shape index (κ3) is 2.84. The number of aromatic hydroxyl groups is 3. The number of hydrogen-bond acceptors (Lipinski definition) is 5. The Morgan fingerprint density at radius 2 is 1.62 bits per heavy atom. The number of phenols is 3. The van der Waals surface area contributed by atoms with Gasteiger partial charge in [-0.2, -0.15) is 5.10 Å². The molecule has 26 heavy (non-hydrogen) atoms. The first-order valence-electron chi connectivity index (χ1n) is 7.95. The molecule has 0 unspecified atom stereocenters. The number of phenolic OH excluding ortho intramolecular Hbond substituents is 3. The second kappa shape index (κ2) is 6.25. The van der Waals surface area contributed by atoms with E-state index >= 15 is 0 Å². The van der Waals surface area contributed by atoms with Crippen molar-refractivity contribution < 1.29 is 15.3 Å². The van der Waals surface area contributed by atoms with E-state index in [0.717, 1.165) is 5.56 Å². The van der Waals surface area contributed by atoms with Gasteiger partial charge < -0.3 is 15.3 Å². The second-order valence-corrected chi connectivity index (χ2v) is 5.77. The van der Waals surface area contributed by atoms with Crippen LogP contribution in [0.5, 0.6) is 17.2 Å². The molecule has 0 aliphatic rings. The van der Waals surface area contributed by atoms with Crippen molar-refractivity contribution in [2.24, 2.45) is 0 Å². The summed E-state index contributed by atoms with van der Waals surface area (Å²) in [5.74, 6) is 0.362. The molecule has 0 amide bonds. The Balaban J connectivity index is 1.92. The van der Waals surface area contributed by atoms with Gasteiger partial charge in [0, 0.05) is 17.3 Å². The van der Waals surface area contributed by atoms with Crippen LogP contribution in [0.2, 0.25) is 0 Å². The highest BCUT2D eigenvalue weighted by atomic mass is 16.3. The van der Waals surface area contributed by atoms with Crippen molar-refractivity contribution in [2.75, 3.05) is 0 Å². The van der Waals surface area contributed by atoms with Gasteiger partial charge in [-0.3, -0.25) is 0 Å². The highest BCUT2D eigenvalue weighted by Gasteiger charge is 2.15. The summed E-state index contributed by atoms with van der Waals surface area (Å²) in [4.78, 5) is 4.34. The van der Waals surface area contributed by atoms with Gasteiger partial charge >= 0.3 is 0 Å². The van der Waals surface area contributed by atoms with Crippen LogP contribution in [-0.2, 0) is 0 Å². The van der Waals surface area contributed by atoms with E-state index in [1.807, 2.05) is 30.3 Å². The van der Waals surface area contributed by atoms with Gasteiger partial charge in [0.05, 0.1) is 11.4 Å². The Labute approximate surface area is 149 Å². The largest absolute Gasteiger partial charge is 0.508 e. The van der Waals surface area contributed by atoms with Crippen LogP contribution < -0.4 is 0 Å². The van der Waals surface area contributed by atoms with Gasteiger partial charge in [0.1, 0.15) is 5.75 Å². The topological polar surface area (TPSA) is 91.4 Å². The number of hydrogen-bond donors (Lipinski definition) is 3. The van der Waals surface area contributed by atoms with Gasteiger partial charge in [0.25, 0.3) is 0 Å². The first kappa shape index (κ1) is 15.7. The molecule has 0 atom stereocenters. The third-order valence-corrected chi connectivity index (χ3v) is 3.99. The van der Waals surface area contributed by atoms with Crippen molar-refractivity contribution in [2.45, 2.75) is 0 Å².